The zero-order valence-corrected chi connectivity index (χ0v) is 12.6. The van der Waals surface area contributed by atoms with Crippen LogP contribution in [0.15, 0.2) is 50.8 Å². The molecule has 3 rings (SSSR count). The molecular formula is C13H13N3O3S2. The maximum atomic E-state index is 12.0. The molecule has 2 heterocycles. The summed E-state index contributed by atoms with van der Waals surface area (Å²) in [5.74, 6) is 0. The highest BCUT2D eigenvalue weighted by Crippen LogP contribution is 2.15. The third kappa shape index (κ3) is 2.78. The van der Waals surface area contributed by atoms with Crippen molar-refractivity contribution >= 4 is 32.4 Å². The van der Waals surface area contributed by atoms with Crippen LogP contribution in [0, 0.1) is 0 Å². The van der Waals surface area contributed by atoms with Gasteiger partial charge < -0.3 is 4.98 Å². The van der Waals surface area contributed by atoms with E-state index in [1.165, 1.54) is 4.57 Å². The van der Waals surface area contributed by atoms with Gasteiger partial charge in [0.15, 0.2) is 0 Å². The zero-order chi connectivity index (χ0) is 14.9. The summed E-state index contributed by atoms with van der Waals surface area (Å²) >= 11 is 1.16. The van der Waals surface area contributed by atoms with Crippen LogP contribution in [-0.4, -0.2) is 24.5 Å². The number of aromatic nitrogens is 2. The molecule has 0 aliphatic heterocycles. The molecule has 3 aromatic rings. The van der Waals surface area contributed by atoms with E-state index in [1.807, 2.05) is 24.3 Å². The van der Waals surface area contributed by atoms with Crippen LogP contribution in [0.5, 0.6) is 0 Å². The standard InChI is InChI=1S/C13H13N3O3S2/c17-13-15-10-4-1-2-5-11(10)16(13)8-7-14-21(18,19)12-6-3-9-20-12/h1-6,9,14H,7-8H2,(H,15,17). The number of benzene rings is 1. The van der Waals surface area contributed by atoms with Gasteiger partial charge in [0.25, 0.3) is 0 Å². The van der Waals surface area contributed by atoms with Gasteiger partial charge in [0, 0.05) is 13.1 Å². The molecule has 0 fully saturated rings. The maximum absolute atomic E-state index is 12.0. The first kappa shape index (κ1) is 14.1. The molecule has 0 atom stereocenters. The topological polar surface area (TPSA) is 84.0 Å². The monoisotopic (exact) mass is 323 g/mol. The minimum atomic E-state index is -3.49. The van der Waals surface area contributed by atoms with Crippen LogP contribution >= 0.6 is 11.3 Å². The molecule has 2 N–H and O–H groups in total. The van der Waals surface area contributed by atoms with E-state index in [4.69, 9.17) is 0 Å². The molecule has 0 saturated carbocycles. The Morgan fingerprint density at radius 1 is 1.19 bits per heavy atom. The van der Waals surface area contributed by atoms with Gasteiger partial charge in [-0.15, -0.1) is 11.3 Å². The minimum Gasteiger partial charge on any atom is -0.306 e. The Morgan fingerprint density at radius 2 is 2.00 bits per heavy atom. The fourth-order valence-corrected chi connectivity index (χ4v) is 4.17. The predicted octanol–water partition coefficient (Wildman–Crippen LogP) is 1.37. The summed E-state index contributed by atoms with van der Waals surface area (Å²) in [6.45, 7) is 0.426. The summed E-state index contributed by atoms with van der Waals surface area (Å²) in [6.07, 6.45) is 0. The molecule has 0 aliphatic carbocycles. The lowest BCUT2D eigenvalue weighted by molar-refractivity contribution is 0.574. The molecule has 8 heteroatoms. The number of hydrogen-bond acceptors (Lipinski definition) is 4. The zero-order valence-electron chi connectivity index (χ0n) is 10.9. The number of hydrogen-bond donors (Lipinski definition) is 2. The SMILES string of the molecule is O=c1[nH]c2ccccc2n1CCNS(=O)(=O)c1cccs1. The van der Waals surface area contributed by atoms with Gasteiger partial charge in [-0.1, -0.05) is 18.2 Å². The molecular weight excluding hydrogens is 310 g/mol. The second-order valence-corrected chi connectivity index (χ2v) is 7.37. The van der Waals surface area contributed by atoms with Crippen molar-refractivity contribution < 1.29 is 8.42 Å². The largest absolute Gasteiger partial charge is 0.326 e. The highest BCUT2D eigenvalue weighted by atomic mass is 32.2. The summed E-state index contributed by atoms with van der Waals surface area (Å²) in [5.41, 5.74) is 1.26. The van der Waals surface area contributed by atoms with E-state index >= 15 is 0 Å². The van der Waals surface area contributed by atoms with Gasteiger partial charge in [0.1, 0.15) is 4.21 Å². The van der Waals surface area contributed by atoms with Crippen LogP contribution < -0.4 is 10.4 Å². The number of thiophene rings is 1. The first-order chi connectivity index (χ1) is 10.1. The van der Waals surface area contributed by atoms with Gasteiger partial charge in [-0.25, -0.2) is 17.9 Å². The van der Waals surface area contributed by atoms with Gasteiger partial charge in [-0.2, -0.15) is 0 Å². The summed E-state index contributed by atoms with van der Waals surface area (Å²) in [7, 11) is -3.49. The first-order valence-corrected chi connectivity index (χ1v) is 8.65. The molecule has 110 valence electrons. The lowest BCUT2D eigenvalue weighted by Crippen LogP contribution is -2.29. The van der Waals surface area contributed by atoms with Crippen molar-refractivity contribution in [3.8, 4) is 0 Å². The van der Waals surface area contributed by atoms with Crippen LogP contribution in [0.3, 0.4) is 0 Å². The van der Waals surface area contributed by atoms with Crippen molar-refractivity contribution in [1.29, 1.82) is 0 Å². The molecule has 0 aliphatic rings. The van der Waals surface area contributed by atoms with Crippen molar-refractivity contribution in [2.75, 3.05) is 6.54 Å². The molecule has 1 aromatic carbocycles. The van der Waals surface area contributed by atoms with Crippen LogP contribution in [-0.2, 0) is 16.6 Å². The Labute approximate surface area is 125 Å². The Hall–Kier alpha value is -1.90. The van der Waals surface area contributed by atoms with Gasteiger partial charge >= 0.3 is 5.69 Å². The second-order valence-electron chi connectivity index (χ2n) is 4.43. The number of para-hydroxylation sites is 2. The molecule has 0 radical (unpaired) electrons. The summed E-state index contributed by atoms with van der Waals surface area (Å²) in [6, 6.07) is 10.5. The van der Waals surface area contributed by atoms with E-state index < -0.39 is 10.0 Å². The first-order valence-electron chi connectivity index (χ1n) is 6.29. The molecule has 2 aromatic heterocycles. The lowest BCUT2D eigenvalue weighted by Gasteiger charge is -2.06. The smallest absolute Gasteiger partial charge is 0.306 e. The number of rotatable bonds is 5. The van der Waals surface area contributed by atoms with Crippen molar-refractivity contribution in [2.24, 2.45) is 0 Å². The number of H-pyrrole nitrogens is 1. The average Bonchev–Trinajstić information content (AvgIpc) is 3.08. The number of sulfonamides is 1. The van der Waals surface area contributed by atoms with Crippen LogP contribution in [0.4, 0.5) is 0 Å². The normalized spacial score (nSPS) is 12.0. The number of imidazole rings is 1. The van der Waals surface area contributed by atoms with E-state index in [-0.39, 0.29) is 23.0 Å². The predicted molar refractivity (Wildman–Crippen MR) is 82.1 cm³/mol. The molecule has 21 heavy (non-hydrogen) atoms. The quantitative estimate of drug-likeness (QED) is 0.744. The highest BCUT2D eigenvalue weighted by molar-refractivity contribution is 7.91. The van der Waals surface area contributed by atoms with Crippen LogP contribution in [0.25, 0.3) is 11.0 Å². The summed E-state index contributed by atoms with van der Waals surface area (Å²) < 4.78 is 28.2. The van der Waals surface area contributed by atoms with Crippen LogP contribution in [0.2, 0.25) is 0 Å². The summed E-state index contributed by atoms with van der Waals surface area (Å²) in [4.78, 5) is 14.6. The van der Waals surface area contributed by atoms with Crippen molar-refractivity contribution in [3.05, 3.63) is 52.3 Å². The van der Waals surface area contributed by atoms with E-state index in [2.05, 4.69) is 9.71 Å². The second kappa shape index (κ2) is 5.47. The van der Waals surface area contributed by atoms with Crippen molar-refractivity contribution in [2.45, 2.75) is 10.8 Å². The van der Waals surface area contributed by atoms with E-state index in [9.17, 15) is 13.2 Å². The molecule has 0 saturated heterocycles. The van der Waals surface area contributed by atoms with E-state index in [1.54, 1.807) is 17.5 Å². The lowest BCUT2D eigenvalue weighted by atomic mass is 10.3. The fraction of sp³-hybridized carbons (Fsp3) is 0.154. The third-order valence-corrected chi connectivity index (χ3v) is 5.93. The average molecular weight is 323 g/mol. The number of fused-ring (bicyclic) bond motifs is 1. The highest BCUT2D eigenvalue weighted by Gasteiger charge is 2.14. The van der Waals surface area contributed by atoms with E-state index in [0.29, 0.717) is 0 Å². The number of aromatic amines is 1. The minimum absolute atomic E-state index is 0.155. The Kier molecular flexibility index (Phi) is 3.66. The van der Waals surface area contributed by atoms with Gasteiger partial charge in [-0.3, -0.25) is 4.57 Å². The van der Waals surface area contributed by atoms with Gasteiger partial charge in [0.2, 0.25) is 10.0 Å². The van der Waals surface area contributed by atoms with Crippen molar-refractivity contribution in [3.63, 3.8) is 0 Å². The molecule has 0 spiro atoms. The molecule has 6 nitrogen and oxygen atoms in total. The third-order valence-electron chi connectivity index (χ3n) is 3.07. The van der Waals surface area contributed by atoms with Gasteiger partial charge in [-0.05, 0) is 23.6 Å². The molecule has 0 unspecified atom stereocenters. The Bertz CT molecular complexity index is 908. The number of nitrogens with one attached hydrogen (secondary N) is 2. The Balaban J connectivity index is 1.76. The van der Waals surface area contributed by atoms with Gasteiger partial charge in [0.05, 0.1) is 11.0 Å². The summed E-state index contributed by atoms with van der Waals surface area (Å²) in [5, 5.41) is 1.71. The number of nitrogens with zero attached hydrogens (tertiary/aromatic N) is 1. The van der Waals surface area contributed by atoms with E-state index in [0.717, 1.165) is 22.4 Å². The van der Waals surface area contributed by atoms with Crippen LogP contribution in [0.1, 0.15) is 0 Å². The van der Waals surface area contributed by atoms with Crippen molar-refractivity contribution in [1.82, 2.24) is 14.3 Å². The molecule has 0 amide bonds. The molecule has 0 bridgehead atoms. The maximum Gasteiger partial charge on any atom is 0.326 e. The Morgan fingerprint density at radius 3 is 2.76 bits per heavy atom. The fourth-order valence-electron chi connectivity index (χ4n) is 2.11.